The average Bonchev–Trinajstić information content (AvgIpc) is 2.74. The van der Waals surface area contributed by atoms with Crippen molar-refractivity contribution < 1.29 is 0 Å². The maximum Gasteiger partial charge on any atom is 0.0156 e. The van der Waals surface area contributed by atoms with Gasteiger partial charge >= 0.3 is 0 Å². The molecular weight excluding hydrogens is 228 g/mol. The number of benzene rings is 1. The van der Waals surface area contributed by atoms with Crippen LogP contribution in [0, 0.1) is 13.8 Å². The van der Waals surface area contributed by atoms with Gasteiger partial charge in [-0.25, -0.2) is 0 Å². The molecule has 90 valence electrons. The molecule has 1 aliphatic rings. The fourth-order valence-electron chi connectivity index (χ4n) is 2.95. The van der Waals surface area contributed by atoms with Crippen molar-refractivity contribution in [2.24, 2.45) is 0 Å². The van der Waals surface area contributed by atoms with E-state index in [1.165, 1.54) is 47.1 Å². The zero-order chi connectivity index (χ0) is 12.6. The summed E-state index contributed by atoms with van der Waals surface area (Å²) in [5, 5.41) is 0.827. The molecule has 0 atom stereocenters. The molecule has 1 aromatic carbocycles. The van der Waals surface area contributed by atoms with Crippen LogP contribution in [0.25, 0.3) is 12.2 Å². The van der Waals surface area contributed by atoms with Crippen LogP contribution >= 0.6 is 11.6 Å². The van der Waals surface area contributed by atoms with Gasteiger partial charge in [0, 0.05) is 5.03 Å². The summed E-state index contributed by atoms with van der Waals surface area (Å²) in [5.41, 5.74) is 8.37. The van der Waals surface area contributed by atoms with Gasteiger partial charge in [-0.2, -0.15) is 0 Å². The van der Waals surface area contributed by atoms with Gasteiger partial charge in [0.1, 0.15) is 0 Å². The molecule has 0 fully saturated rings. The van der Waals surface area contributed by atoms with E-state index in [0.29, 0.717) is 0 Å². The van der Waals surface area contributed by atoms with Gasteiger partial charge in [-0.15, -0.1) is 0 Å². The molecule has 0 radical (unpaired) electrons. The third-order valence-electron chi connectivity index (χ3n) is 3.77. The lowest BCUT2D eigenvalue weighted by Gasteiger charge is -2.16. The van der Waals surface area contributed by atoms with Gasteiger partial charge < -0.3 is 0 Å². The Morgan fingerprint density at radius 1 is 1.12 bits per heavy atom. The van der Waals surface area contributed by atoms with E-state index < -0.39 is 0 Å². The van der Waals surface area contributed by atoms with Crippen LogP contribution in [0.2, 0.25) is 0 Å². The first kappa shape index (κ1) is 12.4. The minimum atomic E-state index is 0.827. The second-order valence-corrected chi connectivity index (χ2v) is 5.42. The average molecular weight is 247 g/mol. The standard InChI is InChI=1S/C16H19Cl/c1-5-13-11(3)14-7-6-8-15(14)12(4)16(13)9-10(2)17/h5,9H,1,6-8H2,2-4H3/b10-9+. The molecule has 0 heterocycles. The summed E-state index contributed by atoms with van der Waals surface area (Å²) in [6, 6.07) is 0. The maximum atomic E-state index is 6.04. The lowest BCUT2D eigenvalue weighted by atomic mass is 9.89. The van der Waals surface area contributed by atoms with E-state index in [1.54, 1.807) is 5.56 Å². The van der Waals surface area contributed by atoms with Crippen LogP contribution in [0.1, 0.15) is 46.7 Å². The fourth-order valence-corrected chi connectivity index (χ4v) is 3.06. The molecule has 1 heteroatoms. The maximum absolute atomic E-state index is 6.04. The molecule has 0 aromatic heterocycles. The van der Waals surface area contributed by atoms with E-state index in [4.69, 9.17) is 11.6 Å². The van der Waals surface area contributed by atoms with Crippen molar-refractivity contribution in [2.45, 2.75) is 40.0 Å². The number of rotatable bonds is 2. The van der Waals surface area contributed by atoms with Crippen LogP contribution < -0.4 is 0 Å². The van der Waals surface area contributed by atoms with Crippen molar-refractivity contribution in [3.63, 3.8) is 0 Å². The normalized spacial score (nSPS) is 14.9. The van der Waals surface area contributed by atoms with Gasteiger partial charge in [0.15, 0.2) is 0 Å². The first-order valence-corrected chi connectivity index (χ1v) is 6.55. The lowest BCUT2D eigenvalue weighted by Crippen LogP contribution is -2.00. The molecule has 0 N–H and O–H groups in total. The van der Waals surface area contributed by atoms with E-state index in [1.807, 2.05) is 13.0 Å². The van der Waals surface area contributed by atoms with Crippen LogP contribution in [-0.2, 0) is 12.8 Å². The number of fused-ring (bicyclic) bond motifs is 1. The summed E-state index contributed by atoms with van der Waals surface area (Å²) in [6.07, 6.45) is 7.74. The molecule has 1 aromatic rings. The Labute approximate surface area is 109 Å². The Morgan fingerprint density at radius 2 is 1.65 bits per heavy atom. The van der Waals surface area contributed by atoms with Crippen molar-refractivity contribution in [1.29, 1.82) is 0 Å². The highest BCUT2D eigenvalue weighted by Gasteiger charge is 2.20. The largest absolute Gasteiger partial charge is 0.0984 e. The van der Waals surface area contributed by atoms with Crippen LogP contribution in [0.5, 0.6) is 0 Å². The van der Waals surface area contributed by atoms with Gasteiger partial charge in [0.2, 0.25) is 0 Å². The molecule has 0 nitrogen and oxygen atoms in total. The second-order valence-electron chi connectivity index (χ2n) is 4.82. The Bertz CT molecular complexity index is 503. The Kier molecular flexibility index (Phi) is 3.44. The topological polar surface area (TPSA) is 0 Å². The van der Waals surface area contributed by atoms with Crippen LogP contribution in [-0.4, -0.2) is 0 Å². The molecule has 0 amide bonds. The number of allylic oxidation sites excluding steroid dienone is 1. The highest BCUT2D eigenvalue weighted by atomic mass is 35.5. The van der Waals surface area contributed by atoms with E-state index in [0.717, 1.165) is 5.03 Å². The summed E-state index contributed by atoms with van der Waals surface area (Å²) in [7, 11) is 0. The molecule has 0 saturated carbocycles. The zero-order valence-electron chi connectivity index (χ0n) is 10.9. The molecule has 0 bridgehead atoms. The van der Waals surface area contributed by atoms with Crippen molar-refractivity contribution in [3.05, 3.63) is 45.0 Å². The Balaban J connectivity index is 2.78. The van der Waals surface area contributed by atoms with Crippen molar-refractivity contribution in [1.82, 2.24) is 0 Å². The van der Waals surface area contributed by atoms with E-state index in [2.05, 4.69) is 26.5 Å². The highest BCUT2D eigenvalue weighted by Crippen LogP contribution is 2.35. The molecule has 0 spiro atoms. The summed E-state index contributed by atoms with van der Waals surface area (Å²) in [4.78, 5) is 0. The SMILES string of the molecule is C=Cc1c(C)c2c(c(C)c1/C=C(\C)Cl)CCC2. The van der Waals surface area contributed by atoms with E-state index >= 15 is 0 Å². The van der Waals surface area contributed by atoms with Gasteiger partial charge in [-0.1, -0.05) is 24.3 Å². The number of hydrogen-bond donors (Lipinski definition) is 0. The van der Waals surface area contributed by atoms with Crippen molar-refractivity contribution in [3.8, 4) is 0 Å². The van der Waals surface area contributed by atoms with Gasteiger partial charge in [0.25, 0.3) is 0 Å². The van der Waals surface area contributed by atoms with E-state index in [9.17, 15) is 0 Å². The summed E-state index contributed by atoms with van der Waals surface area (Å²) in [6.45, 7) is 10.3. The van der Waals surface area contributed by atoms with Gasteiger partial charge in [-0.3, -0.25) is 0 Å². The molecule has 0 aliphatic heterocycles. The summed E-state index contributed by atoms with van der Waals surface area (Å²) < 4.78 is 0. The van der Waals surface area contributed by atoms with Crippen LogP contribution in [0.3, 0.4) is 0 Å². The predicted octanol–water partition coefficient (Wildman–Crippen LogP) is 5.03. The van der Waals surface area contributed by atoms with Gasteiger partial charge in [0.05, 0.1) is 0 Å². The smallest absolute Gasteiger partial charge is 0.0156 e. The molecule has 0 saturated heterocycles. The monoisotopic (exact) mass is 246 g/mol. The molecular formula is C16H19Cl. The first-order chi connectivity index (χ1) is 8.06. The quantitative estimate of drug-likeness (QED) is 0.686. The third kappa shape index (κ3) is 2.07. The van der Waals surface area contributed by atoms with E-state index in [-0.39, 0.29) is 0 Å². The number of halogens is 1. The molecule has 2 rings (SSSR count). The van der Waals surface area contributed by atoms with Crippen molar-refractivity contribution in [2.75, 3.05) is 0 Å². The Hall–Kier alpha value is -1.01. The zero-order valence-corrected chi connectivity index (χ0v) is 11.6. The second kappa shape index (κ2) is 4.70. The predicted molar refractivity (Wildman–Crippen MR) is 77.5 cm³/mol. The highest BCUT2D eigenvalue weighted by molar-refractivity contribution is 6.31. The molecule has 1 aliphatic carbocycles. The summed E-state index contributed by atoms with van der Waals surface area (Å²) in [5.74, 6) is 0. The third-order valence-corrected chi connectivity index (χ3v) is 3.88. The minimum absolute atomic E-state index is 0.827. The van der Waals surface area contributed by atoms with Gasteiger partial charge in [-0.05, 0) is 79.5 Å². The summed E-state index contributed by atoms with van der Waals surface area (Å²) >= 11 is 6.04. The van der Waals surface area contributed by atoms with Crippen LogP contribution in [0.4, 0.5) is 0 Å². The molecule has 0 unspecified atom stereocenters. The van der Waals surface area contributed by atoms with Crippen molar-refractivity contribution >= 4 is 23.8 Å². The van der Waals surface area contributed by atoms with Crippen LogP contribution in [0.15, 0.2) is 11.6 Å². The first-order valence-electron chi connectivity index (χ1n) is 6.17. The number of hydrogen-bond acceptors (Lipinski definition) is 0. The fraction of sp³-hybridized carbons (Fsp3) is 0.375. The molecule has 17 heavy (non-hydrogen) atoms. The minimum Gasteiger partial charge on any atom is -0.0984 e. The Morgan fingerprint density at radius 3 is 2.12 bits per heavy atom. The lowest BCUT2D eigenvalue weighted by molar-refractivity contribution is 0.907.